The van der Waals surface area contributed by atoms with Gasteiger partial charge in [-0.15, -0.1) is 0 Å². The first-order valence-corrected chi connectivity index (χ1v) is 14.2. The number of anilines is 1. The summed E-state index contributed by atoms with van der Waals surface area (Å²) >= 11 is 0. The predicted octanol–water partition coefficient (Wildman–Crippen LogP) is 4.87. The number of guanidine groups is 1. The van der Waals surface area contributed by atoms with E-state index in [9.17, 15) is 14.4 Å². The summed E-state index contributed by atoms with van der Waals surface area (Å²) in [5.41, 5.74) is 3.15. The lowest BCUT2D eigenvalue weighted by atomic mass is 10.1. The van der Waals surface area contributed by atoms with Crippen molar-refractivity contribution in [3.05, 3.63) is 90.0 Å². The number of esters is 1. The highest BCUT2D eigenvalue weighted by Gasteiger charge is 2.26. The molecule has 9 nitrogen and oxygen atoms in total. The van der Waals surface area contributed by atoms with E-state index in [0.29, 0.717) is 44.0 Å². The highest BCUT2D eigenvalue weighted by atomic mass is 16.5. The van der Waals surface area contributed by atoms with E-state index >= 15 is 0 Å². The maximum atomic E-state index is 13.0. The van der Waals surface area contributed by atoms with E-state index in [2.05, 4.69) is 5.32 Å². The second kappa shape index (κ2) is 14.8. The molecule has 0 unspecified atom stereocenters. The van der Waals surface area contributed by atoms with Gasteiger partial charge in [0, 0.05) is 31.3 Å². The van der Waals surface area contributed by atoms with Gasteiger partial charge in [-0.2, -0.15) is 0 Å². The lowest BCUT2D eigenvalue weighted by molar-refractivity contribution is -0.145. The first-order valence-electron chi connectivity index (χ1n) is 14.2. The molecule has 3 aromatic carbocycles. The van der Waals surface area contributed by atoms with Crippen LogP contribution in [0.15, 0.2) is 83.9 Å². The third kappa shape index (κ3) is 8.67. The number of carbonyl (C=O) groups is 3. The van der Waals surface area contributed by atoms with E-state index in [1.54, 1.807) is 16.8 Å². The molecule has 0 radical (unpaired) electrons. The standard InChI is InChI=1S/C33H38N4O5/c1-24(2)23-42-31(40)22-37-21-26-14-10-17-28(41-19-11-18-30(39)36(3)27-15-8-5-9-16-27)32(26)35-33(37)34-29(38)20-25-12-6-4-7-13-25/h4-10,12-17,24H,11,18-23H2,1-3H3,(H,34,35,38). The van der Waals surface area contributed by atoms with Crippen molar-refractivity contribution in [2.45, 2.75) is 39.7 Å². The van der Waals surface area contributed by atoms with Gasteiger partial charge in [-0.1, -0.05) is 74.5 Å². The fourth-order valence-corrected chi connectivity index (χ4v) is 4.41. The lowest BCUT2D eigenvalue weighted by Crippen LogP contribution is -2.47. The normalized spacial score (nSPS) is 12.3. The van der Waals surface area contributed by atoms with Gasteiger partial charge in [0.05, 0.1) is 19.6 Å². The minimum absolute atomic E-state index is 0.00122. The number of benzene rings is 3. The van der Waals surface area contributed by atoms with Gasteiger partial charge in [0.1, 0.15) is 18.0 Å². The van der Waals surface area contributed by atoms with Crippen LogP contribution in [-0.4, -0.2) is 55.4 Å². The molecule has 4 rings (SSSR count). The Morgan fingerprint density at radius 1 is 0.976 bits per heavy atom. The Balaban J connectivity index is 1.44. The van der Waals surface area contributed by atoms with Crippen molar-refractivity contribution in [2.24, 2.45) is 10.9 Å². The quantitative estimate of drug-likeness (QED) is 0.246. The molecule has 9 heteroatoms. The van der Waals surface area contributed by atoms with Crippen molar-refractivity contribution in [3.63, 3.8) is 0 Å². The number of hydrogen-bond acceptors (Lipinski definition) is 7. The first kappa shape index (κ1) is 30.3. The Kier molecular flexibility index (Phi) is 10.7. The van der Waals surface area contributed by atoms with Gasteiger partial charge in [-0.3, -0.25) is 19.7 Å². The molecule has 1 N–H and O–H groups in total. The highest BCUT2D eigenvalue weighted by Crippen LogP contribution is 2.35. The molecule has 0 bridgehead atoms. The predicted molar refractivity (Wildman–Crippen MR) is 163 cm³/mol. The molecule has 0 saturated heterocycles. The van der Waals surface area contributed by atoms with Crippen LogP contribution >= 0.6 is 0 Å². The molecule has 0 fully saturated rings. The second-order valence-electron chi connectivity index (χ2n) is 10.6. The zero-order valence-electron chi connectivity index (χ0n) is 24.4. The topological polar surface area (TPSA) is 101 Å². The van der Waals surface area contributed by atoms with E-state index in [1.807, 2.05) is 92.7 Å². The third-order valence-corrected chi connectivity index (χ3v) is 6.63. The summed E-state index contributed by atoms with van der Waals surface area (Å²) in [6.07, 6.45) is 1.02. The lowest BCUT2D eigenvalue weighted by Gasteiger charge is -2.30. The van der Waals surface area contributed by atoms with Crippen LogP contribution in [0, 0.1) is 5.92 Å². The van der Waals surface area contributed by atoms with Gasteiger partial charge in [-0.25, -0.2) is 4.99 Å². The number of ether oxygens (including phenoxy) is 2. The van der Waals surface area contributed by atoms with Gasteiger partial charge < -0.3 is 19.3 Å². The minimum Gasteiger partial charge on any atom is -0.491 e. The van der Waals surface area contributed by atoms with Crippen LogP contribution in [0.2, 0.25) is 0 Å². The van der Waals surface area contributed by atoms with Crippen molar-refractivity contribution in [2.75, 3.05) is 31.7 Å². The number of hydrogen-bond donors (Lipinski definition) is 1. The number of nitrogens with one attached hydrogen (secondary N) is 1. The van der Waals surface area contributed by atoms with Crippen LogP contribution in [0.25, 0.3) is 0 Å². The Morgan fingerprint density at radius 3 is 2.40 bits per heavy atom. The van der Waals surface area contributed by atoms with E-state index in [-0.39, 0.29) is 36.7 Å². The summed E-state index contributed by atoms with van der Waals surface area (Å²) < 4.78 is 11.5. The molecule has 42 heavy (non-hydrogen) atoms. The van der Waals surface area contributed by atoms with E-state index in [0.717, 1.165) is 16.8 Å². The van der Waals surface area contributed by atoms with Crippen LogP contribution in [0.4, 0.5) is 11.4 Å². The molecule has 1 heterocycles. The van der Waals surface area contributed by atoms with Gasteiger partial charge >= 0.3 is 5.97 Å². The van der Waals surface area contributed by atoms with Gasteiger partial charge in [-0.05, 0) is 36.1 Å². The first-order chi connectivity index (χ1) is 20.3. The largest absolute Gasteiger partial charge is 0.491 e. The van der Waals surface area contributed by atoms with Crippen molar-refractivity contribution in [1.82, 2.24) is 10.2 Å². The molecule has 0 spiro atoms. The maximum Gasteiger partial charge on any atom is 0.325 e. The van der Waals surface area contributed by atoms with Gasteiger partial charge in [0.25, 0.3) is 0 Å². The molecular formula is C33H38N4O5. The van der Waals surface area contributed by atoms with Gasteiger partial charge in [0.2, 0.25) is 17.8 Å². The number of aliphatic imine (C=N–C) groups is 1. The average Bonchev–Trinajstić information content (AvgIpc) is 2.99. The summed E-state index contributed by atoms with van der Waals surface area (Å²) in [5, 5.41) is 2.89. The molecule has 220 valence electrons. The van der Waals surface area contributed by atoms with Crippen LogP contribution < -0.4 is 15.0 Å². The number of fused-ring (bicyclic) bond motifs is 1. The summed E-state index contributed by atoms with van der Waals surface area (Å²) in [5.74, 6) is 0.386. The maximum absolute atomic E-state index is 13.0. The molecule has 2 amide bonds. The van der Waals surface area contributed by atoms with Crippen molar-refractivity contribution in [1.29, 1.82) is 0 Å². The number of amides is 2. The summed E-state index contributed by atoms with van der Waals surface area (Å²) in [4.78, 5) is 46.3. The summed E-state index contributed by atoms with van der Waals surface area (Å²) in [7, 11) is 1.76. The third-order valence-electron chi connectivity index (χ3n) is 6.63. The Morgan fingerprint density at radius 2 is 1.69 bits per heavy atom. The number of para-hydroxylation sites is 2. The molecule has 1 aliphatic rings. The Labute approximate surface area is 247 Å². The van der Waals surface area contributed by atoms with Crippen molar-refractivity contribution in [3.8, 4) is 5.75 Å². The number of nitrogens with zero attached hydrogens (tertiary/aromatic N) is 3. The molecule has 3 aromatic rings. The summed E-state index contributed by atoms with van der Waals surface area (Å²) in [6, 6.07) is 24.5. The highest BCUT2D eigenvalue weighted by molar-refractivity contribution is 6.01. The minimum atomic E-state index is -0.394. The van der Waals surface area contributed by atoms with Crippen molar-refractivity contribution < 1.29 is 23.9 Å². The molecule has 0 aromatic heterocycles. The van der Waals surface area contributed by atoms with Crippen LogP contribution in [0.3, 0.4) is 0 Å². The number of rotatable bonds is 12. The van der Waals surface area contributed by atoms with E-state index in [1.165, 1.54) is 0 Å². The van der Waals surface area contributed by atoms with E-state index in [4.69, 9.17) is 14.5 Å². The van der Waals surface area contributed by atoms with Crippen LogP contribution in [0.5, 0.6) is 5.75 Å². The molecule has 0 atom stereocenters. The zero-order valence-corrected chi connectivity index (χ0v) is 24.4. The number of carbonyl (C=O) groups excluding carboxylic acids is 3. The van der Waals surface area contributed by atoms with Crippen LogP contribution in [0.1, 0.15) is 37.8 Å². The van der Waals surface area contributed by atoms with E-state index < -0.39 is 5.97 Å². The average molecular weight is 571 g/mol. The molecular weight excluding hydrogens is 532 g/mol. The second-order valence-corrected chi connectivity index (χ2v) is 10.6. The Hall–Kier alpha value is -4.66. The molecule has 0 saturated carbocycles. The fourth-order valence-electron chi connectivity index (χ4n) is 4.41. The SMILES string of the molecule is CC(C)COC(=O)CN1Cc2cccc(OCCCC(=O)N(C)c3ccccc3)c2N=C1NC(=O)Cc1ccccc1. The van der Waals surface area contributed by atoms with Gasteiger partial charge in [0.15, 0.2) is 0 Å². The molecule has 0 aliphatic carbocycles. The summed E-state index contributed by atoms with van der Waals surface area (Å²) in [6.45, 7) is 4.87. The fraction of sp³-hybridized carbons (Fsp3) is 0.333. The Bertz CT molecular complexity index is 1390. The molecule has 1 aliphatic heterocycles. The van der Waals surface area contributed by atoms with Crippen molar-refractivity contribution >= 4 is 35.1 Å². The smallest absolute Gasteiger partial charge is 0.325 e. The zero-order chi connectivity index (χ0) is 29.9. The van der Waals surface area contributed by atoms with Crippen LogP contribution in [-0.2, 0) is 32.1 Å². The monoisotopic (exact) mass is 570 g/mol.